The van der Waals surface area contributed by atoms with Crippen LogP contribution in [0.1, 0.15) is 16.2 Å². The second-order valence-corrected chi connectivity index (χ2v) is 5.10. The molecule has 0 spiro atoms. The molecular formula is C19H14IrN3O3-. The number of oxazole rings is 1. The molecule has 0 bridgehead atoms. The molecule has 0 saturated heterocycles. The van der Waals surface area contributed by atoms with Crippen LogP contribution in [0.3, 0.4) is 0 Å². The van der Waals surface area contributed by atoms with Gasteiger partial charge in [-0.15, -0.1) is 35.9 Å². The van der Waals surface area contributed by atoms with Gasteiger partial charge in [-0.1, -0.05) is 12.1 Å². The van der Waals surface area contributed by atoms with Crippen molar-refractivity contribution >= 4 is 17.0 Å². The maximum Gasteiger partial charge on any atom is 0.357 e. The largest absolute Gasteiger partial charge is 0.476 e. The summed E-state index contributed by atoms with van der Waals surface area (Å²) in [7, 11) is 0. The first-order valence-electron chi connectivity index (χ1n) is 7.47. The number of rotatable bonds is 2. The number of carbonyl (C=O) groups is 1. The van der Waals surface area contributed by atoms with E-state index >= 15 is 0 Å². The molecule has 4 rings (SSSR count). The average Bonchev–Trinajstić information content (AvgIpc) is 3.17. The van der Waals surface area contributed by atoms with E-state index in [-0.39, 0.29) is 25.8 Å². The second kappa shape index (κ2) is 8.99. The first-order valence-corrected chi connectivity index (χ1v) is 7.47. The number of hydrogen-bond acceptors (Lipinski definition) is 5. The number of benzene rings is 2. The van der Waals surface area contributed by atoms with E-state index in [1.807, 2.05) is 55.5 Å². The topological polar surface area (TPSA) is 89.1 Å². The molecule has 133 valence electrons. The number of nitrogens with zero attached hydrogens (tertiary/aromatic N) is 3. The van der Waals surface area contributed by atoms with Crippen LogP contribution in [0, 0.1) is 13.0 Å². The van der Waals surface area contributed by atoms with Crippen LogP contribution in [-0.2, 0) is 20.1 Å². The van der Waals surface area contributed by atoms with Gasteiger partial charge in [0.05, 0.1) is 11.0 Å². The third kappa shape index (κ3) is 4.59. The van der Waals surface area contributed by atoms with E-state index in [4.69, 9.17) is 5.11 Å². The second-order valence-electron chi connectivity index (χ2n) is 5.10. The molecule has 0 amide bonds. The van der Waals surface area contributed by atoms with Gasteiger partial charge in [-0.05, 0) is 19.1 Å². The van der Waals surface area contributed by atoms with Crippen LogP contribution < -0.4 is 0 Å². The summed E-state index contributed by atoms with van der Waals surface area (Å²) >= 11 is 0. The fourth-order valence-electron chi connectivity index (χ4n) is 2.20. The zero-order chi connectivity index (χ0) is 17.6. The van der Waals surface area contributed by atoms with Gasteiger partial charge >= 0.3 is 5.97 Å². The maximum absolute atomic E-state index is 9.94. The van der Waals surface area contributed by atoms with Crippen molar-refractivity contribution in [3.63, 3.8) is 0 Å². The molecule has 0 unspecified atom stereocenters. The Hall–Kier alpha value is -2.89. The zero-order valence-electron chi connectivity index (χ0n) is 13.7. The molecule has 0 aliphatic heterocycles. The van der Waals surface area contributed by atoms with E-state index in [0.717, 1.165) is 40.6 Å². The molecule has 0 saturated carbocycles. The molecule has 2 aromatic carbocycles. The van der Waals surface area contributed by atoms with E-state index in [1.165, 1.54) is 0 Å². The standard InChI is InChI=1S/C15H11N2.C4H3NO3.Ir/c1-11-15(12-7-3-2-4-8-12)17-14-10-6-5-9-13(14)16-11;6-4(7)3-1-8-2-5-3;/h2-7,9-10H,1H3;1-2H,(H,6,7);/q-1;;. The monoisotopic (exact) mass is 525 g/mol. The van der Waals surface area contributed by atoms with Crippen LogP contribution in [0.4, 0.5) is 0 Å². The third-order valence-corrected chi connectivity index (χ3v) is 3.36. The molecule has 4 aromatic rings. The fourth-order valence-corrected chi connectivity index (χ4v) is 2.20. The van der Waals surface area contributed by atoms with Crippen LogP contribution in [0.25, 0.3) is 22.3 Å². The summed E-state index contributed by atoms with van der Waals surface area (Å²) in [6.45, 7) is 1.98. The minimum atomic E-state index is -1.07. The van der Waals surface area contributed by atoms with E-state index in [1.54, 1.807) is 0 Å². The predicted molar refractivity (Wildman–Crippen MR) is 92.0 cm³/mol. The van der Waals surface area contributed by atoms with Gasteiger partial charge in [0.2, 0.25) is 0 Å². The van der Waals surface area contributed by atoms with Crippen molar-refractivity contribution in [1.29, 1.82) is 0 Å². The summed E-state index contributed by atoms with van der Waals surface area (Å²) in [5.41, 5.74) is 4.62. The van der Waals surface area contributed by atoms with Crippen molar-refractivity contribution in [3.8, 4) is 11.3 Å². The molecule has 1 radical (unpaired) electrons. The van der Waals surface area contributed by atoms with Crippen LogP contribution in [-0.4, -0.2) is 26.0 Å². The summed E-state index contributed by atoms with van der Waals surface area (Å²) in [6, 6.07) is 18.9. The molecule has 0 fully saturated rings. The Kier molecular flexibility index (Phi) is 6.72. The zero-order valence-corrected chi connectivity index (χ0v) is 16.1. The summed E-state index contributed by atoms with van der Waals surface area (Å²) < 4.78 is 4.38. The summed E-state index contributed by atoms with van der Waals surface area (Å²) in [4.78, 5) is 22.5. The van der Waals surface area contributed by atoms with Crippen LogP contribution in [0.15, 0.2) is 65.6 Å². The molecule has 1 N–H and O–H groups in total. The van der Waals surface area contributed by atoms with Gasteiger partial charge in [-0.25, -0.2) is 9.78 Å². The van der Waals surface area contributed by atoms with Crippen LogP contribution in [0.2, 0.25) is 0 Å². The molecule has 6 nitrogen and oxygen atoms in total. The van der Waals surface area contributed by atoms with Crippen LogP contribution in [0.5, 0.6) is 0 Å². The summed E-state index contributed by atoms with van der Waals surface area (Å²) in [5.74, 6) is -1.07. The van der Waals surface area contributed by atoms with Gasteiger partial charge in [0.15, 0.2) is 12.1 Å². The minimum absolute atomic E-state index is 0. The average molecular weight is 525 g/mol. The number of fused-ring (bicyclic) bond motifs is 1. The van der Waals surface area contributed by atoms with Crippen molar-refractivity contribution in [2.45, 2.75) is 6.92 Å². The molecule has 2 aromatic heterocycles. The molecule has 0 aliphatic rings. The Labute approximate surface area is 163 Å². The predicted octanol–water partition coefficient (Wildman–Crippen LogP) is 3.78. The van der Waals surface area contributed by atoms with Gasteiger partial charge < -0.3 is 9.52 Å². The third-order valence-electron chi connectivity index (χ3n) is 3.36. The summed E-state index contributed by atoms with van der Waals surface area (Å²) in [5, 5.41) is 8.15. The van der Waals surface area contributed by atoms with Gasteiger partial charge in [0, 0.05) is 31.5 Å². The van der Waals surface area contributed by atoms with Gasteiger partial charge in [-0.2, -0.15) is 0 Å². The molecular weight excluding hydrogens is 510 g/mol. The van der Waals surface area contributed by atoms with Gasteiger partial charge in [0.25, 0.3) is 0 Å². The number of aromatic nitrogens is 3. The fraction of sp³-hybridized carbons (Fsp3) is 0.0526. The van der Waals surface area contributed by atoms with E-state index in [2.05, 4.69) is 25.4 Å². The van der Waals surface area contributed by atoms with Gasteiger partial charge in [0.1, 0.15) is 6.26 Å². The molecule has 2 heterocycles. The summed E-state index contributed by atoms with van der Waals surface area (Å²) in [6.07, 6.45) is 2.14. The van der Waals surface area contributed by atoms with E-state index in [0.29, 0.717) is 0 Å². The molecule has 0 aliphatic carbocycles. The van der Waals surface area contributed by atoms with Crippen LogP contribution >= 0.6 is 0 Å². The van der Waals surface area contributed by atoms with Crippen molar-refractivity contribution in [1.82, 2.24) is 15.0 Å². The van der Waals surface area contributed by atoms with Crippen molar-refractivity contribution in [2.24, 2.45) is 0 Å². The normalized spacial score (nSPS) is 9.73. The smallest absolute Gasteiger partial charge is 0.357 e. The van der Waals surface area contributed by atoms with Crippen molar-refractivity contribution in [2.75, 3.05) is 0 Å². The quantitative estimate of drug-likeness (QED) is 0.402. The molecule has 7 heteroatoms. The number of para-hydroxylation sites is 2. The van der Waals surface area contributed by atoms with E-state index < -0.39 is 5.97 Å². The Balaban J connectivity index is 0.000000230. The van der Waals surface area contributed by atoms with E-state index in [9.17, 15) is 4.79 Å². The molecule has 0 atom stereocenters. The van der Waals surface area contributed by atoms with Crippen molar-refractivity contribution in [3.05, 3.63) is 78.6 Å². The Morgan fingerprint density at radius 3 is 2.31 bits per heavy atom. The number of aryl methyl sites for hydroxylation is 1. The number of aromatic carboxylic acids is 1. The minimum Gasteiger partial charge on any atom is -0.476 e. The first-order chi connectivity index (χ1) is 12.1. The van der Waals surface area contributed by atoms with Crippen molar-refractivity contribution < 1.29 is 34.4 Å². The number of carboxylic acid groups (broad SMARTS) is 1. The Morgan fingerprint density at radius 1 is 1.08 bits per heavy atom. The SMILES string of the molecule is Cc1nc2ccccc2nc1-c1[c-]cccc1.O=C(O)c1cocn1.[Ir]. The maximum atomic E-state index is 9.94. The Morgan fingerprint density at radius 2 is 1.77 bits per heavy atom. The van der Waals surface area contributed by atoms with Gasteiger partial charge in [-0.3, -0.25) is 9.97 Å². The number of carboxylic acids is 1. The Bertz CT molecular complexity index is 990. The molecule has 26 heavy (non-hydrogen) atoms. The first kappa shape index (κ1) is 19.4. The number of hydrogen-bond donors (Lipinski definition) is 1.